The van der Waals surface area contributed by atoms with E-state index in [4.69, 9.17) is 5.11 Å². The summed E-state index contributed by atoms with van der Waals surface area (Å²) in [6.07, 6.45) is 2.64. The minimum absolute atomic E-state index is 0.0159. The van der Waals surface area contributed by atoms with E-state index >= 15 is 0 Å². The molecule has 14 heavy (non-hydrogen) atoms. The molecule has 0 bridgehead atoms. The molecule has 0 atom stereocenters. The maximum Gasteiger partial charge on any atom is 0.269 e. The summed E-state index contributed by atoms with van der Waals surface area (Å²) in [7, 11) is 0. The number of nitrogens with zero attached hydrogens (tertiary/aromatic N) is 1. The van der Waals surface area contributed by atoms with E-state index in [1.165, 1.54) is 37.1 Å². The first-order valence-electron chi connectivity index (χ1n) is 4.55. The molecule has 0 aromatic heterocycles. The molecule has 0 aliphatic heterocycles. The topological polar surface area (TPSA) is 63.4 Å². The molecule has 0 saturated heterocycles. The zero-order chi connectivity index (χ0) is 11.0. The summed E-state index contributed by atoms with van der Waals surface area (Å²) in [5.74, 6) is 0.0330. The van der Waals surface area contributed by atoms with Crippen molar-refractivity contribution in [3.63, 3.8) is 0 Å². The molecule has 1 aromatic carbocycles. The van der Waals surface area contributed by atoms with Gasteiger partial charge in [0.25, 0.3) is 5.69 Å². The highest BCUT2D eigenvalue weighted by Crippen LogP contribution is 2.14. The van der Waals surface area contributed by atoms with Crippen molar-refractivity contribution in [2.45, 2.75) is 26.7 Å². The van der Waals surface area contributed by atoms with Crippen molar-refractivity contribution in [3.8, 4) is 5.75 Å². The van der Waals surface area contributed by atoms with Crippen LogP contribution < -0.4 is 0 Å². The van der Waals surface area contributed by atoms with Crippen LogP contribution in [0.1, 0.15) is 26.7 Å². The first-order chi connectivity index (χ1) is 6.61. The number of non-ortho nitro benzene ring substituents is 1. The molecule has 0 radical (unpaired) electrons. The molecule has 1 N–H and O–H groups in total. The Kier molecular flexibility index (Phi) is 6.11. The second kappa shape index (κ2) is 6.88. The van der Waals surface area contributed by atoms with Crippen LogP contribution in [0.15, 0.2) is 24.3 Å². The van der Waals surface area contributed by atoms with Crippen molar-refractivity contribution < 1.29 is 10.0 Å². The number of phenolic OH excluding ortho intramolecular Hbond substituents is 1. The first-order valence-corrected chi connectivity index (χ1v) is 4.55. The van der Waals surface area contributed by atoms with E-state index in [9.17, 15) is 10.1 Å². The molecule has 1 aromatic rings. The van der Waals surface area contributed by atoms with Gasteiger partial charge in [-0.1, -0.05) is 26.7 Å². The van der Waals surface area contributed by atoms with Crippen molar-refractivity contribution >= 4 is 5.69 Å². The molecule has 1 rings (SSSR count). The summed E-state index contributed by atoms with van der Waals surface area (Å²) in [5.41, 5.74) is -0.0159. The Balaban J connectivity index is 0.000000364. The number of hydrogen-bond acceptors (Lipinski definition) is 3. The lowest BCUT2D eigenvalue weighted by atomic mass is 10.3. The number of unbranched alkanes of at least 4 members (excludes halogenated alkanes) is 1. The third kappa shape index (κ3) is 5.13. The third-order valence-electron chi connectivity index (χ3n) is 1.56. The van der Waals surface area contributed by atoms with E-state index in [0.717, 1.165) is 0 Å². The van der Waals surface area contributed by atoms with Crippen LogP contribution in [0, 0.1) is 10.1 Å². The Morgan fingerprint density at radius 2 is 1.64 bits per heavy atom. The number of hydrogen-bond donors (Lipinski definition) is 1. The highest BCUT2D eigenvalue weighted by Gasteiger charge is 2.01. The van der Waals surface area contributed by atoms with Gasteiger partial charge in [0, 0.05) is 12.1 Å². The Bertz CT molecular complexity index is 267. The van der Waals surface area contributed by atoms with Crippen LogP contribution in [0.3, 0.4) is 0 Å². The van der Waals surface area contributed by atoms with Gasteiger partial charge in [-0.15, -0.1) is 0 Å². The van der Waals surface area contributed by atoms with Gasteiger partial charge >= 0.3 is 0 Å². The van der Waals surface area contributed by atoms with E-state index in [2.05, 4.69) is 13.8 Å². The molecule has 0 fully saturated rings. The smallest absolute Gasteiger partial charge is 0.269 e. The van der Waals surface area contributed by atoms with Crippen LogP contribution >= 0.6 is 0 Å². The molecule has 0 unspecified atom stereocenters. The lowest BCUT2D eigenvalue weighted by molar-refractivity contribution is -0.384. The largest absolute Gasteiger partial charge is 0.508 e. The normalized spacial score (nSPS) is 8.71. The van der Waals surface area contributed by atoms with Gasteiger partial charge in [-0.2, -0.15) is 0 Å². The number of aromatic hydroxyl groups is 1. The second-order valence-corrected chi connectivity index (χ2v) is 2.77. The summed E-state index contributed by atoms with van der Waals surface area (Å²) in [6.45, 7) is 4.36. The predicted molar refractivity (Wildman–Crippen MR) is 55.3 cm³/mol. The quantitative estimate of drug-likeness (QED) is 0.585. The summed E-state index contributed by atoms with van der Waals surface area (Å²) in [4.78, 5) is 9.52. The Morgan fingerprint density at radius 1 is 1.21 bits per heavy atom. The van der Waals surface area contributed by atoms with Gasteiger partial charge in [-0.25, -0.2) is 0 Å². The molecule has 0 amide bonds. The van der Waals surface area contributed by atoms with Gasteiger partial charge in [-0.3, -0.25) is 10.1 Å². The van der Waals surface area contributed by atoms with Gasteiger partial charge < -0.3 is 5.11 Å². The second-order valence-electron chi connectivity index (χ2n) is 2.77. The number of nitro benzene ring substituents is 1. The van der Waals surface area contributed by atoms with Gasteiger partial charge in [0.05, 0.1) is 4.92 Å². The Labute approximate surface area is 83.3 Å². The summed E-state index contributed by atoms with van der Waals surface area (Å²) in [6, 6.07) is 5.04. The zero-order valence-corrected chi connectivity index (χ0v) is 8.43. The molecule has 0 aliphatic carbocycles. The van der Waals surface area contributed by atoms with Gasteiger partial charge in [-0.05, 0) is 12.1 Å². The number of nitro groups is 1. The van der Waals surface area contributed by atoms with E-state index in [1.54, 1.807) is 0 Å². The maximum atomic E-state index is 10.0. The van der Waals surface area contributed by atoms with Gasteiger partial charge in [0.2, 0.25) is 0 Å². The fourth-order valence-electron chi connectivity index (χ4n) is 0.574. The molecule has 0 spiro atoms. The Hall–Kier alpha value is -1.58. The average molecular weight is 197 g/mol. The molecule has 78 valence electrons. The van der Waals surface area contributed by atoms with Crippen molar-refractivity contribution in [2.75, 3.05) is 0 Å². The highest BCUT2D eigenvalue weighted by atomic mass is 16.6. The van der Waals surface area contributed by atoms with Crippen LogP contribution in [-0.2, 0) is 0 Å². The molecule has 0 saturated carbocycles. The molecule has 4 nitrogen and oxygen atoms in total. The van der Waals surface area contributed by atoms with Crippen LogP contribution in [-0.4, -0.2) is 10.0 Å². The minimum atomic E-state index is -0.514. The first kappa shape index (κ1) is 12.4. The fraction of sp³-hybridized carbons (Fsp3) is 0.400. The van der Waals surface area contributed by atoms with E-state index in [0.29, 0.717) is 0 Å². The van der Waals surface area contributed by atoms with Crippen molar-refractivity contribution in [3.05, 3.63) is 34.4 Å². The SMILES string of the molecule is CCCC.O=[N+]([O-])c1ccc(O)cc1. The Morgan fingerprint density at radius 3 is 1.93 bits per heavy atom. The van der Waals surface area contributed by atoms with E-state index < -0.39 is 4.92 Å². The number of rotatable bonds is 2. The van der Waals surface area contributed by atoms with E-state index in [1.807, 2.05) is 0 Å². The van der Waals surface area contributed by atoms with Gasteiger partial charge in [0.15, 0.2) is 0 Å². The lowest BCUT2D eigenvalue weighted by Crippen LogP contribution is -1.85. The predicted octanol–water partition coefficient (Wildman–Crippen LogP) is 3.11. The molecule has 4 heteroatoms. The summed E-state index contributed by atoms with van der Waals surface area (Å²) in [5, 5.41) is 18.8. The summed E-state index contributed by atoms with van der Waals surface area (Å²) >= 11 is 0. The van der Waals surface area contributed by atoms with Gasteiger partial charge in [0.1, 0.15) is 5.75 Å². The van der Waals surface area contributed by atoms with Crippen molar-refractivity contribution in [1.82, 2.24) is 0 Å². The zero-order valence-electron chi connectivity index (χ0n) is 8.43. The fourth-order valence-corrected chi connectivity index (χ4v) is 0.574. The molecular formula is C10H15NO3. The molecular weight excluding hydrogens is 182 g/mol. The van der Waals surface area contributed by atoms with Crippen molar-refractivity contribution in [1.29, 1.82) is 0 Å². The maximum absolute atomic E-state index is 10.0. The summed E-state index contributed by atoms with van der Waals surface area (Å²) < 4.78 is 0. The standard InChI is InChI=1S/C6H5NO3.C4H10/c8-6-3-1-5(2-4-6)7(9)10;1-3-4-2/h1-4,8H;3-4H2,1-2H3. The lowest BCUT2D eigenvalue weighted by Gasteiger charge is -1.89. The molecule has 0 heterocycles. The van der Waals surface area contributed by atoms with Crippen molar-refractivity contribution in [2.24, 2.45) is 0 Å². The molecule has 0 aliphatic rings. The van der Waals surface area contributed by atoms with Crippen LogP contribution in [0.2, 0.25) is 0 Å². The van der Waals surface area contributed by atoms with Crippen LogP contribution in [0.25, 0.3) is 0 Å². The third-order valence-corrected chi connectivity index (χ3v) is 1.56. The average Bonchev–Trinajstić information content (AvgIpc) is 2.19. The van der Waals surface area contributed by atoms with Crippen LogP contribution in [0.5, 0.6) is 5.75 Å². The monoisotopic (exact) mass is 197 g/mol. The highest BCUT2D eigenvalue weighted by molar-refractivity contribution is 5.34. The minimum Gasteiger partial charge on any atom is -0.508 e. The number of phenols is 1. The van der Waals surface area contributed by atoms with Crippen LogP contribution in [0.4, 0.5) is 5.69 Å². The number of benzene rings is 1. The van der Waals surface area contributed by atoms with E-state index in [-0.39, 0.29) is 11.4 Å².